The number of rotatable bonds is 4. The van der Waals surface area contributed by atoms with E-state index in [-0.39, 0.29) is 5.82 Å². The molecule has 6 heteroatoms. The number of allylic oxidation sites excluding steroid dienone is 1. The highest BCUT2D eigenvalue weighted by molar-refractivity contribution is 6.44. The summed E-state index contributed by atoms with van der Waals surface area (Å²) in [4.78, 5) is 9.28. The van der Waals surface area contributed by atoms with Crippen molar-refractivity contribution < 1.29 is 8.63 Å². The third kappa shape index (κ3) is 3.44. The average Bonchev–Trinajstić information content (AvgIpc) is 3.20. The van der Waals surface area contributed by atoms with Gasteiger partial charge in [-0.25, -0.2) is 9.98 Å². The Kier molecular flexibility index (Phi) is 5.42. The van der Waals surface area contributed by atoms with E-state index in [1.165, 1.54) is 5.56 Å². The second-order valence-corrected chi connectivity index (χ2v) is 8.19. The molecular formula is C25H26BF2N3. The molecule has 0 spiro atoms. The summed E-state index contributed by atoms with van der Waals surface area (Å²) in [6.07, 6.45) is 0.837. The van der Waals surface area contributed by atoms with Gasteiger partial charge in [-0.3, -0.25) is 8.63 Å². The summed E-state index contributed by atoms with van der Waals surface area (Å²) in [7, 11) is -2.73. The highest BCUT2D eigenvalue weighted by Gasteiger charge is 2.30. The first-order chi connectivity index (χ1) is 14.7. The number of nitrogens with zero attached hydrogens (tertiary/aromatic N) is 3. The molecule has 31 heavy (non-hydrogen) atoms. The lowest BCUT2D eigenvalue weighted by Gasteiger charge is -2.13. The van der Waals surface area contributed by atoms with Gasteiger partial charge in [-0.15, -0.1) is 0 Å². The molecule has 0 saturated heterocycles. The minimum Gasteiger partial charge on any atom is -0.309 e. The van der Waals surface area contributed by atoms with Crippen molar-refractivity contribution in [3.05, 3.63) is 64.2 Å². The molecule has 1 aliphatic rings. The molecule has 3 aromatic rings. The molecule has 0 saturated carbocycles. The van der Waals surface area contributed by atoms with Gasteiger partial charge in [0.15, 0.2) is 5.84 Å². The van der Waals surface area contributed by atoms with Crippen LogP contribution in [0.3, 0.4) is 0 Å². The Balaban J connectivity index is 2.07. The van der Waals surface area contributed by atoms with Crippen LogP contribution in [0.4, 0.5) is 14.4 Å². The van der Waals surface area contributed by atoms with Crippen LogP contribution in [0, 0.1) is 20.8 Å². The van der Waals surface area contributed by atoms with E-state index >= 15 is 0 Å². The van der Waals surface area contributed by atoms with Gasteiger partial charge in [-0.05, 0) is 86.6 Å². The van der Waals surface area contributed by atoms with E-state index in [4.69, 9.17) is 4.99 Å². The Bertz CT molecular complexity index is 1270. The van der Waals surface area contributed by atoms with Gasteiger partial charge in [0, 0.05) is 16.5 Å². The third-order valence-corrected chi connectivity index (χ3v) is 6.35. The summed E-state index contributed by atoms with van der Waals surface area (Å²) in [5, 5.41) is 1.47. The summed E-state index contributed by atoms with van der Waals surface area (Å²) < 4.78 is 30.1. The predicted molar refractivity (Wildman–Crippen MR) is 128 cm³/mol. The zero-order valence-electron chi connectivity index (χ0n) is 18.8. The summed E-state index contributed by atoms with van der Waals surface area (Å²) >= 11 is 0. The zero-order chi connectivity index (χ0) is 22.4. The summed E-state index contributed by atoms with van der Waals surface area (Å²) in [6, 6.07) is 11.5. The number of aromatic nitrogens is 1. The monoisotopic (exact) mass is 417 g/mol. The maximum absolute atomic E-state index is 14.5. The highest BCUT2D eigenvalue weighted by Crippen LogP contribution is 2.41. The normalized spacial score (nSPS) is 15.4. The Morgan fingerprint density at radius 3 is 2.13 bits per heavy atom. The van der Waals surface area contributed by atoms with Crippen LogP contribution in [0.15, 0.2) is 57.5 Å². The molecule has 2 heterocycles. The largest absolute Gasteiger partial charge is 0.679 e. The first-order valence-electron chi connectivity index (χ1n) is 10.6. The van der Waals surface area contributed by atoms with Gasteiger partial charge in [-0.2, -0.15) is 0 Å². The highest BCUT2D eigenvalue weighted by atomic mass is 19.2. The zero-order valence-corrected chi connectivity index (χ0v) is 18.8. The van der Waals surface area contributed by atoms with Crippen molar-refractivity contribution in [2.24, 2.45) is 9.98 Å². The molecule has 2 aromatic carbocycles. The Morgan fingerprint density at radius 1 is 0.968 bits per heavy atom. The van der Waals surface area contributed by atoms with E-state index in [2.05, 4.69) is 18.8 Å². The first kappa shape index (κ1) is 21.2. The maximum Gasteiger partial charge on any atom is 0.679 e. The molecule has 0 N–H and O–H groups in total. The number of hydrogen-bond donors (Lipinski definition) is 0. The summed E-state index contributed by atoms with van der Waals surface area (Å²) in [5.74, 6) is 0.766. The fourth-order valence-corrected chi connectivity index (χ4v) is 4.47. The minimum absolute atomic E-state index is 0.250. The second kappa shape index (κ2) is 7.91. The van der Waals surface area contributed by atoms with Gasteiger partial charge >= 0.3 is 7.40 Å². The molecule has 0 amide bonds. The maximum atomic E-state index is 14.5. The Hall–Kier alpha value is -3.02. The Labute approximate surface area is 182 Å². The van der Waals surface area contributed by atoms with E-state index in [1.54, 1.807) is 0 Å². The summed E-state index contributed by atoms with van der Waals surface area (Å²) in [6.45, 7) is 12.1. The van der Waals surface area contributed by atoms with Gasteiger partial charge in [0.05, 0.1) is 5.69 Å². The first-order valence-corrected chi connectivity index (χ1v) is 10.6. The van der Waals surface area contributed by atoms with E-state index in [9.17, 15) is 8.63 Å². The molecule has 158 valence electrons. The Morgan fingerprint density at radius 2 is 1.58 bits per heavy atom. The van der Waals surface area contributed by atoms with Gasteiger partial charge in [0.1, 0.15) is 5.82 Å². The number of halogens is 2. The van der Waals surface area contributed by atoms with Crippen molar-refractivity contribution in [1.29, 1.82) is 0 Å². The van der Waals surface area contributed by atoms with Crippen LogP contribution < -0.4 is 0 Å². The number of aliphatic imine (C=N–C) groups is 2. The molecule has 0 fully saturated rings. The van der Waals surface area contributed by atoms with E-state index < -0.39 is 7.40 Å². The standard InChI is InChI=1S/C25H26BF2N3/c1-7-20-17(5)24(29-18(20)6)30-25-22-11-9-8-10-21(22)23(31(25)26(27)28)19-12-14(2)16(4)15(3)13-19/h8-13H,7H2,1-6H3. The minimum atomic E-state index is -2.73. The van der Waals surface area contributed by atoms with Gasteiger partial charge in [-0.1, -0.05) is 31.2 Å². The van der Waals surface area contributed by atoms with Crippen molar-refractivity contribution >= 4 is 35.5 Å². The molecule has 0 atom stereocenters. The van der Waals surface area contributed by atoms with Crippen LogP contribution in [0.5, 0.6) is 0 Å². The fraction of sp³-hybridized carbons (Fsp3) is 0.280. The molecule has 4 rings (SSSR count). The molecule has 1 aromatic heterocycles. The molecule has 0 bridgehead atoms. The molecule has 0 aliphatic carbocycles. The average molecular weight is 417 g/mol. The van der Waals surface area contributed by atoms with E-state index in [0.717, 1.165) is 49.8 Å². The van der Waals surface area contributed by atoms with Gasteiger partial charge in [0.25, 0.3) is 0 Å². The van der Waals surface area contributed by atoms with Crippen LogP contribution >= 0.6 is 0 Å². The molecule has 0 radical (unpaired) electrons. The third-order valence-electron chi connectivity index (χ3n) is 6.35. The number of benzene rings is 2. The topological polar surface area (TPSA) is 29.6 Å². The van der Waals surface area contributed by atoms with Crippen LogP contribution in [0.1, 0.15) is 43.9 Å². The smallest absolute Gasteiger partial charge is 0.309 e. The number of amidine groups is 1. The fourth-order valence-electron chi connectivity index (χ4n) is 4.47. The molecule has 1 aliphatic heterocycles. The van der Waals surface area contributed by atoms with Crippen molar-refractivity contribution in [2.75, 3.05) is 0 Å². The molecular weight excluding hydrogens is 391 g/mol. The van der Waals surface area contributed by atoms with Crippen LogP contribution in [-0.2, 0) is 0 Å². The van der Waals surface area contributed by atoms with E-state index in [0.29, 0.717) is 16.9 Å². The summed E-state index contributed by atoms with van der Waals surface area (Å²) in [5.41, 5.74) is 7.59. The lowest BCUT2D eigenvalue weighted by Crippen LogP contribution is -2.14. The van der Waals surface area contributed by atoms with Crippen molar-refractivity contribution in [2.45, 2.75) is 48.0 Å². The van der Waals surface area contributed by atoms with Crippen molar-refractivity contribution in [3.63, 3.8) is 0 Å². The van der Waals surface area contributed by atoms with E-state index in [1.807, 2.05) is 64.1 Å². The molecule has 0 unspecified atom stereocenters. The quantitative estimate of drug-likeness (QED) is 0.401. The lowest BCUT2D eigenvalue weighted by atomic mass is 9.97. The number of hydrogen-bond acceptors (Lipinski definition) is 1. The van der Waals surface area contributed by atoms with Crippen molar-refractivity contribution in [1.82, 2.24) is 4.48 Å². The second-order valence-electron chi connectivity index (χ2n) is 8.19. The molecule has 3 nitrogen and oxygen atoms in total. The van der Waals surface area contributed by atoms with Crippen LogP contribution in [0.25, 0.3) is 22.0 Å². The van der Waals surface area contributed by atoms with Gasteiger partial charge < -0.3 is 4.48 Å². The number of fused-ring (bicyclic) bond motifs is 1. The predicted octanol–water partition coefficient (Wildman–Crippen LogP) is 7.24. The van der Waals surface area contributed by atoms with Gasteiger partial charge in [0.2, 0.25) is 0 Å². The van der Waals surface area contributed by atoms with Crippen molar-refractivity contribution in [3.8, 4) is 11.3 Å². The lowest BCUT2D eigenvalue weighted by molar-refractivity contribution is 0.633. The SMILES string of the molecule is CCC1=C(C)C(=Nc2c3ccccc3c(-c3cc(C)c(C)c(C)c3)n2B(F)F)N=C1C. The number of aryl methyl sites for hydroxylation is 2. The van der Waals surface area contributed by atoms with Crippen LogP contribution in [-0.4, -0.2) is 23.4 Å². The van der Waals surface area contributed by atoms with Crippen LogP contribution in [0.2, 0.25) is 0 Å².